The molecule has 1 saturated heterocycles. The van der Waals surface area contributed by atoms with Gasteiger partial charge in [-0.25, -0.2) is 11.0 Å². The molecular formula is C7H17N5. The zero-order chi connectivity index (χ0) is 8.65. The molecule has 5 nitrogen and oxygen atoms in total. The van der Waals surface area contributed by atoms with E-state index in [1.165, 1.54) is 0 Å². The molecule has 3 N–H and O–H groups in total. The van der Waals surface area contributed by atoms with Gasteiger partial charge in [0.1, 0.15) is 6.34 Å². The second kappa shape index (κ2) is 5.79. The van der Waals surface area contributed by atoms with Crippen molar-refractivity contribution < 1.29 is 0 Å². The van der Waals surface area contributed by atoms with E-state index in [0.717, 1.165) is 32.7 Å². The van der Waals surface area contributed by atoms with Crippen molar-refractivity contribution in [2.24, 2.45) is 5.10 Å². The van der Waals surface area contributed by atoms with Crippen LogP contribution in [-0.2, 0) is 0 Å². The minimum Gasteiger partial charge on any atom is -0.359 e. The Morgan fingerprint density at radius 1 is 1.50 bits per heavy atom. The number of hydrazone groups is 1. The fourth-order valence-corrected chi connectivity index (χ4v) is 1.03. The molecule has 0 aromatic rings. The molecule has 70 valence electrons. The van der Waals surface area contributed by atoms with Crippen molar-refractivity contribution in [3.8, 4) is 0 Å². The molecule has 0 bridgehead atoms. The third kappa shape index (κ3) is 3.54. The first kappa shape index (κ1) is 9.28. The first-order chi connectivity index (χ1) is 5.93. The number of nitrogens with one attached hydrogen (secondary N) is 3. The molecule has 0 spiro atoms. The highest BCUT2D eigenvalue weighted by molar-refractivity contribution is 5.54. The monoisotopic (exact) mass is 171 g/mol. The maximum absolute atomic E-state index is 4.00. The van der Waals surface area contributed by atoms with Crippen molar-refractivity contribution in [1.29, 1.82) is 0 Å². The van der Waals surface area contributed by atoms with Crippen LogP contribution >= 0.6 is 0 Å². The topological polar surface area (TPSA) is 51.7 Å². The maximum atomic E-state index is 4.00. The summed E-state index contributed by atoms with van der Waals surface area (Å²) in [6.45, 7) is 7.07. The molecule has 1 rings (SSSR count). The highest BCUT2D eigenvalue weighted by atomic mass is 15.6. The second-order valence-electron chi connectivity index (χ2n) is 2.67. The Hall–Kier alpha value is -0.810. The highest BCUT2D eigenvalue weighted by Crippen LogP contribution is 1.85. The first-order valence-corrected chi connectivity index (χ1v) is 4.39. The zero-order valence-corrected chi connectivity index (χ0v) is 7.51. The summed E-state index contributed by atoms with van der Waals surface area (Å²) in [6, 6.07) is 0. The molecule has 0 atom stereocenters. The van der Waals surface area contributed by atoms with Crippen LogP contribution in [0.2, 0.25) is 0 Å². The lowest BCUT2D eigenvalue weighted by Gasteiger charge is -2.24. The van der Waals surface area contributed by atoms with Crippen LogP contribution in [0.3, 0.4) is 0 Å². The van der Waals surface area contributed by atoms with Crippen LogP contribution in [0.25, 0.3) is 0 Å². The molecule has 5 heteroatoms. The average molecular weight is 171 g/mol. The summed E-state index contributed by atoms with van der Waals surface area (Å²) in [5.41, 5.74) is 5.64. The number of rotatable bonds is 4. The van der Waals surface area contributed by atoms with E-state index in [1.54, 1.807) is 0 Å². The summed E-state index contributed by atoms with van der Waals surface area (Å²) < 4.78 is 0. The predicted octanol–water partition coefficient (Wildman–Crippen LogP) is -1.05. The number of hydrogen-bond donors (Lipinski definition) is 3. The summed E-state index contributed by atoms with van der Waals surface area (Å²) in [7, 11) is 0. The molecule has 1 aliphatic heterocycles. The highest BCUT2D eigenvalue weighted by Gasteiger charge is 2.03. The molecule has 12 heavy (non-hydrogen) atoms. The van der Waals surface area contributed by atoms with Crippen molar-refractivity contribution in [3.63, 3.8) is 0 Å². The molecule has 0 aromatic carbocycles. The van der Waals surface area contributed by atoms with E-state index in [2.05, 4.69) is 26.3 Å². The number of hydrazine groups is 1. The normalized spacial score (nSPS) is 18.6. The fraction of sp³-hybridized carbons (Fsp3) is 0.857. The van der Waals surface area contributed by atoms with Gasteiger partial charge in [0, 0.05) is 32.7 Å². The minimum atomic E-state index is 0.874. The van der Waals surface area contributed by atoms with Crippen molar-refractivity contribution in [3.05, 3.63) is 0 Å². The standard InChI is InChI=1S/C7H17N5/c1-2-9-11-10-7-12-5-3-8-4-6-12/h7-9,11H,2-6H2,1H3. The van der Waals surface area contributed by atoms with Crippen molar-refractivity contribution in [2.45, 2.75) is 6.92 Å². The van der Waals surface area contributed by atoms with Gasteiger partial charge in [-0.15, -0.1) is 0 Å². The summed E-state index contributed by atoms with van der Waals surface area (Å²) in [4.78, 5) is 2.18. The van der Waals surface area contributed by atoms with Gasteiger partial charge in [0.15, 0.2) is 0 Å². The molecule has 0 aliphatic carbocycles. The molecule has 1 aliphatic rings. The SMILES string of the molecule is CCNNN=CN1CCNCC1. The number of nitrogens with zero attached hydrogens (tertiary/aromatic N) is 2. The first-order valence-electron chi connectivity index (χ1n) is 4.39. The molecule has 0 radical (unpaired) electrons. The summed E-state index contributed by atoms with van der Waals surface area (Å²) in [5.74, 6) is 0. The Morgan fingerprint density at radius 2 is 2.25 bits per heavy atom. The third-order valence-electron chi connectivity index (χ3n) is 1.69. The van der Waals surface area contributed by atoms with Gasteiger partial charge < -0.3 is 10.2 Å². The third-order valence-corrected chi connectivity index (χ3v) is 1.69. The van der Waals surface area contributed by atoms with Crippen LogP contribution in [0.1, 0.15) is 6.92 Å². The molecular weight excluding hydrogens is 154 g/mol. The van der Waals surface area contributed by atoms with Crippen LogP contribution in [0.5, 0.6) is 0 Å². The van der Waals surface area contributed by atoms with Gasteiger partial charge in [-0.1, -0.05) is 6.92 Å². The van der Waals surface area contributed by atoms with E-state index in [4.69, 9.17) is 0 Å². The van der Waals surface area contributed by atoms with Gasteiger partial charge in [0.25, 0.3) is 0 Å². The molecule has 0 amide bonds. The Bertz CT molecular complexity index is 130. The molecule has 1 heterocycles. The van der Waals surface area contributed by atoms with Gasteiger partial charge >= 0.3 is 0 Å². The zero-order valence-electron chi connectivity index (χ0n) is 7.51. The van der Waals surface area contributed by atoms with Crippen LogP contribution in [0.4, 0.5) is 0 Å². The van der Waals surface area contributed by atoms with Gasteiger partial charge in [-0.05, 0) is 0 Å². The van der Waals surface area contributed by atoms with Crippen molar-refractivity contribution >= 4 is 6.34 Å². The summed E-state index contributed by atoms with van der Waals surface area (Å²) in [5, 5.41) is 7.27. The number of piperazine rings is 1. The summed E-state index contributed by atoms with van der Waals surface area (Å²) >= 11 is 0. The molecule has 0 saturated carbocycles. The van der Waals surface area contributed by atoms with E-state index < -0.39 is 0 Å². The van der Waals surface area contributed by atoms with Gasteiger partial charge in [-0.2, -0.15) is 5.10 Å². The lowest BCUT2D eigenvalue weighted by molar-refractivity contribution is 0.363. The fourth-order valence-electron chi connectivity index (χ4n) is 1.03. The van der Waals surface area contributed by atoms with Gasteiger partial charge in [-0.3, -0.25) is 0 Å². The van der Waals surface area contributed by atoms with E-state index in [1.807, 2.05) is 13.3 Å². The Kier molecular flexibility index (Phi) is 4.48. The van der Waals surface area contributed by atoms with Crippen molar-refractivity contribution in [1.82, 2.24) is 21.2 Å². The van der Waals surface area contributed by atoms with E-state index in [0.29, 0.717) is 0 Å². The van der Waals surface area contributed by atoms with Crippen LogP contribution < -0.4 is 16.3 Å². The quantitative estimate of drug-likeness (QED) is 0.219. The Labute approximate surface area is 73.2 Å². The van der Waals surface area contributed by atoms with Gasteiger partial charge in [0.2, 0.25) is 0 Å². The van der Waals surface area contributed by atoms with Gasteiger partial charge in [0.05, 0.1) is 0 Å². The number of hydrogen-bond acceptors (Lipinski definition) is 4. The predicted molar refractivity (Wildman–Crippen MR) is 49.7 cm³/mol. The smallest absolute Gasteiger partial charge is 0.112 e. The van der Waals surface area contributed by atoms with E-state index >= 15 is 0 Å². The lowest BCUT2D eigenvalue weighted by Crippen LogP contribution is -2.43. The Balaban J connectivity index is 2.07. The minimum absolute atomic E-state index is 0.874. The maximum Gasteiger partial charge on any atom is 0.112 e. The largest absolute Gasteiger partial charge is 0.359 e. The van der Waals surface area contributed by atoms with Crippen LogP contribution in [0, 0.1) is 0 Å². The lowest BCUT2D eigenvalue weighted by atomic mass is 10.4. The van der Waals surface area contributed by atoms with Crippen LogP contribution in [-0.4, -0.2) is 44.0 Å². The van der Waals surface area contributed by atoms with Crippen molar-refractivity contribution in [2.75, 3.05) is 32.7 Å². The molecule has 0 aromatic heterocycles. The Morgan fingerprint density at radius 3 is 2.92 bits per heavy atom. The van der Waals surface area contributed by atoms with E-state index in [9.17, 15) is 0 Å². The molecule has 1 fully saturated rings. The average Bonchev–Trinajstić information content (AvgIpc) is 2.14. The van der Waals surface area contributed by atoms with E-state index in [-0.39, 0.29) is 0 Å². The molecule has 0 unspecified atom stereocenters. The summed E-state index contributed by atoms with van der Waals surface area (Å²) in [6.07, 6.45) is 1.84. The second-order valence-corrected chi connectivity index (χ2v) is 2.67. The van der Waals surface area contributed by atoms with Crippen LogP contribution in [0.15, 0.2) is 5.10 Å².